The molecule has 0 saturated carbocycles. The molecule has 1 N–H and O–H groups in total. The summed E-state index contributed by atoms with van der Waals surface area (Å²) in [5, 5.41) is 0. The summed E-state index contributed by atoms with van der Waals surface area (Å²) in [4.78, 5) is 18.7. The summed E-state index contributed by atoms with van der Waals surface area (Å²) in [5.74, 6) is 1.04. The van der Waals surface area contributed by atoms with Crippen LogP contribution < -0.4 is 5.43 Å². The van der Waals surface area contributed by atoms with Crippen molar-refractivity contribution in [1.29, 1.82) is 0 Å². The van der Waals surface area contributed by atoms with E-state index in [1.54, 1.807) is 6.20 Å². The predicted octanol–water partition coefficient (Wildman–Crippen LogP) is 3.73. The highest BCUT2D eigenvalue weighted by molar-refractivity contribution is 5.61. The maximum atomic E-state index is 9.92. The van der Waals surface area contributed by atoms with Crippen molar-refractivity contribution in [3.05, 3.63) is 36.0 Å². The Balaban J connectivity index is 0.000000299. The second-order valence-corrected chi connectivity index (χ2v) is 5.99. The molecule has 0 aliphatic heterocycles. The monoisotopic (exact) mass is 346 g/mol. The Morgan fingerprint density at radius 1 is 1.32 bits per heavy atom. The molecule has 0 aliphatic rings. The molecule has 2 aromatic heterocycles. The number of nitrogens with one attached hydrogen (secondary N) is 1. The van der Waals surface area contributed by atoms with Crippen molar-refractivity contribution >= 4 is 6.47 Å². The zero-order valence-electron chi connectivity index (χ0n) is 16.2. The lowest BCUT2D eigenvalue weighted by molar-refractivity contribution is -0.142. The molecule has 0 fully saturated rings. The highest BCUT2D eigenvalue weighted by atomic mass is 16.5. The summed E-state index contributed by atoms with van der Waals surface area (Å²) < 4.78 is 6.86. The van der Waals surface area contributed by atoms with Gasteiger partial charge < -0.3 is 10.2 Å². The lowest BCUT2D eigenvalue weighted by Crippen LogP contribution is -2.25. The lowest BCUT2D eigenvalue weighted by atomic mass is 10.0. The number of nitrogens with zero attached hydrogens (tertiary/aromatic N) is 3. The molecule has 0 unspecified atom stereocenters. The van der Waals surface area contributed by atoms with E-state index in [0.717, 1.165) is 42.0 Å². The zero-order chi connectivity index (χ0) is 18.9. The minimum absolute atomic E-state index is 0.234. The summed E-state index contributed by atoms with van der Waals surface area (Å²) in [6.07, 6.45) is 6.27. The summed E-state index contributed by atoms with van der Waals surface area (Å²) in [6, 6.07) is 3.96. The average Bonchev–Trinajstić information content (AvgIpc) is 2.98. The van der Waals surface area contributed by atoms with Crippen LogP contribution in [-0.4, -0.2) is 33.8 Å². The molecular formula is C19H30N4O2. The van der Waals surface area contributed by atoms with E-state index in [1.807, 2.05) is 50.8 Å². The molecule has 0 radical (unpaired) electrons. The smallest absolute Gasteiger partial charge is 0.293 e. The number of imidazole rings is 1. The van der Waals surface area contributed by atoms with Gasteiger partial charge in [-0.2, -0.15) is 0 Å². The van der Waals surface area contributed by atoms with Gasteiger partial charge in [-0.15, -0.1) is 0 Å². The van der Waals surface area contributed by atoms with Gasteiger partial charge in [0.25, 0.3) is 6.47 Å². The van der Waals surface area contributed by atoms with Gasteiger partial charge in [-0.1, -0.05) is 20.8 Å². The van der Waals surface area contributed by atoms with Crippen LogP contribution in [0.2, 0.25) is 0 Å². The first-order valence-corrected chi connectivity index (χ1v) is 8.74. The van der Waals surface area contributed by atoms with Crippen molar-refractivity contribution in [3.8, 4) is 11.3 Å². The number of pyridine rings is 1. The zero-order valence-corrected chi connectivity index (χ0v) is 16.2. The second kappa shape index (κ2) is 9.81. The third-order valence-corrected chi connectivity index (χ3v) is 4.48. The molecule has 2 aromatic rings. The van der Waals surface area contributed by atoms with Gasteiger partial charge in [0.1, 0.15) is 11.4 Å². The van der Waals surface area contributed by atoms with Crippen LogP contribution in [0.3, 0.4) is 0 Å². The van der Waals surface area contributed by atoms with Crippen molar-refractivity contribution in [2.24, 2.45) is 0 Å². The highest BCUT2D eigenvalue weighted by Crippen LogP contribution is 2.22. The summed E-state index contributed by atoms with van der Waals surface area (Å²) in [6.45, 7) is 10.6. The van der Waals surface area contributed by atoms with Gasteiger partial charge in [0.15, 0.2) is 0 Å². The Kier molecular flexibility index (Phi) is 8.11. The molecule has 2 heterocycles. The number of carbonyl (C=O) groups excluding carboxylic acids is 1. The molecule has 0 spiro atoms. The number of aromatic nitrogens is 3. The van der Waals surface area contributed by atoms with E-state index >= 15 is 0 Å². The standard InChI is InChI=1S/C12H16N4.C7H14O2/c1-4-11-15-12(9(2)16(11)13-3)10-6-5-7-14-8-10;1-4-7(3,5-2)9-6-8/h5-8,13H,4H2,1-3H3;6H,4-5H2,1-3H3. The molecule has 0 amide bonds. The van der Waals surface area contributed by atoms with E-state index in [9.17, 15) is 4.79 Å². The number of ether oxygens (including phenoxy) is 1. The fourth-order valence-electron chi connectivity index (χ4n) is 2.40. The van der Waals surface area contributed by atoms with Crippen LogP contribution in [0.1, 0.15) is 52.1 Å². The molecule has 0 bridgehead atoms. The van der Waals surface area contributed by atoms with Gasteiger partial charge in [-0.05, 0) is 38.8 Å². The highest BCUT2D eigenvalue weighted by Gasteiger charge is 2.19. The third kappa shape index (κ3) is 5.31. The Labute approximate surface area is 150 Å². The molecule has 25 heavy (non-hydrogen) atoms. The van der Waals surface area contributed by atoms with Crippen molar-refractivity contribution in [1.82, 2.24) is 14.6 Å². The SMILES string of the molecule is CCC(C)(CC)OC=O.CCc1nc(-c2cccnc2)c(C)n1NC. The van der Waals surface area contributed by atoms with E-state index in [0.29, 0.717) is 6.47 Å². The minimum Gasteiger partial charge on any atom is -0.462 e. The Morgan fingerprint density at radius 3 is 2.36 bits per heavy atom. The molecule has 6 nitrogen and oxygen atoms in total. The van der Waals surface area contributed by atoms with Crippen molar-refractivity contribution in [2.45, 2.75) is 59.5 Å². The van der Waals surface area contributed by atoms with Crippen molar-refractivity contribution < 1.29 is 9.53 Å². The van der Waals surface area contributed by atoms with E-state index in [4.69, 9.17) is 4.74 Å². The first kappa shape index (κ1) is 20.7. The fourth-order valence-corrected chi connectivity index (χ4v) is 2.40. The van der Waals surface area contributed by atoms with Crippen LogP contribution in [0, 0.1) is 6.92 Å². The van der Waals surface area contributed by atoms with Gasteiger partial charge >= 0.3 is 0 Å². The largest absolute Gasteiger partial charge is 0.462 e. The summed E-state index contributed by atoms with van der Waals surface area (Å²) >= 11 is 0. The predicted molar refractivity (Wildman–Crippen MR) is 101 cm³/mol. The molecule has 0 atom stereocenters. The molecule has 0 aliphatic carbocycles. The molecule has 2 rings (SSSR count). The van der Waals surface area contributed by atoms with E-state index < -0.39 is 0 Å². The molecule has 6 heteroatoms. The number of hydrogen-bond donors (Lipinski definition) is 1. The number of carbonyl (C=O) groups is 1. The van der Waals surface area contributed by atoms with Gasteiger partial charge in [0.05, 0.1) is 11.4 Å². The minimum atomic E-state index is -0.234. The van der Waals surface area contributed by atoms with E-state index in [-0.39, 0.29) is 5.60 Å². The second-order valence-electron chi connectivity index (χ2n) is 5.99. The van der Waals surface area contributed by atoms with E-state index in [1.165, 1.54) is 0 Å². The van der Waals surface area contributed by atoms with Crippen LogP contribution in [0.5, 0.6) is 0 Å². The van der Waals surface area contributed by atoms with Gasteiger partial charge in [0.2, 0.25) is 0 Å². The van der Waals surface area contributed by atoms with Gasteiger partial charge in [-0.3, -0.25) is 9.78 Å². The topological polar surface area (TPSA) is 69.0 Å². The summed E-state index contributed by atoms with van der Waals surface area (Å²) in [7, 11) is 1.90. The number of hydrogen-bond acceptors (Lipinski definition) is 5. The quantitative estimate of drug-likeness (QED) is 0.774. The van der Waals surface area contributed by atoms with Crippen LogP contribution in [0.15, 0.2) is 24.5 Å². The van der Waals surface area contributed by atoms with Crippen molar-refractivity contribution in [2.75, 3.05) is 12.5 Å². The van der Waals surface area contributed by atoms with Crippen LogP contribution in [-0.2, 0) is 16.0 Å². The average molecular weight is 346 g/mol. The van der Waals surface area contributed by atoms with E-state index in [2.05, 4.69) is 29.2 Å². The number of rotatable bonds is 7. The number of aryl methyl sites for hydroxylation is 1. The third-order valence-electron chi connectivity index (χ3n) is 4.48. The Hall–Kier alpha value is -2.37. The fraction of sp³-hybridized carbons (Fsp3) is 0.526. The first-order valence-electron chi connectivity index (χ1n) is 8.74. The Morgan fingerprint density at radius 2 is 2.00 bits per heavy atom. The van der Waals surface area contributed by atoms with Gasteiger partial charge in [0, 0.05) is 31.4 Å². The molecule has 138 valence electrons. The first-order chi connectivity index (χ1) is 12.0. The molecular weight excluding hydrogens is 316 g/mol. The maximum Gasteiger partial charge on any atom is 0.293 e. The summed E-state index contributed by atoms with van der Waals surface area (Å²) in [5.41, 5.74) is 6.08. The maximum absolute atomic E-state index is 9.92. The van der Waals surface area contributed by atoms with Crippen LogP contribution in [0.4, 0.5) is 0 Å². The molecule has 0 saturated heterocycles. The lowest BCUT2D eigenvalue weighted by Gasteiger charge is -2.23. The van der Waals surface area contributed by atoms with Crippen LogP contribution >= 0.6 is 0 Å². The van der Waals surface area contributed by atoms with Crippen LogP contribution in [0.25, 0.3) is 11.3 Å². The van der Waals surface area contributed by atoms with Crippen molar-refractivity contribution in [3.63, 3.8) is 0 Å². The van der Waals surface area contributed by atoms with Gasteiger partial charge in [-0.25, -0.2) is 9.66 Å². The molecule has 0 aromatic carbocycles. The normalized spacial score (nSPS) is 10.6. The Bertz CT molecular complexity index is 649.